The molecule has 0 aliphatic rings. The number of rotatable bonds is 8. The molecule has 0 atom stereocenters. The largest absolute Gasteiger partial charge is 0.298 e. The van der Waals surface area contributed by atoms with Crippen LogP contribution >= 0.6 is 0 Å². The van der Waals surface area contributed by atoms with Crippen LogP contribution in [0.2, 0.25) is 0 Å². The van der Waals surface area contributed by atoms with Crippen LogP contribution in [0.15, 0.2) is 66.2 Å². The molecule has 0 amide bonds. The van der Waals surface area contributed by atoms with E-state index in [1.807, 2.05) is 82.9 Å². The number of aromatic nitrogens is 4. The van der Waals surface area contributed by atoms with Crippen molar-refractivity contribution in [3.05, 3.63) is 84.0 Å². The van der Waals surface area contributed by atoms with E-state index < -0.39 is 5.41 Å². The van der Waals surface area contributed by atoms with Gasteiger partial charge < -0.3 is 0 Å². The van der Waals surface area contributed by atoms with Crippen molar-refractivity contribution in [2.45, 2.75) is 53.4 Å². The van der Waals surface area contributed by atoms with Crippen molar-refractivity contribution in [1.82, 2.24) is 19.5 Å². The first-order valence-electron chi connectivity index (χ1n) is 11.0. The van der Waals surface area contributed by atoms with Gasteiger partial charge in [0.15, 0.2) is 0 Å². The Kier molecular flexibility index (Phi) is 7.16. The number of aliphatic imine (C=N–C) groups is 1. The predicted octanol–water partition coefficient (Wildman–Crippen LogP) is 5.65. The van der Waals surface area contributed by atoms with Crippen LogP contribution in [-0.4, -0.2) is 31.5 Å². The molecule has 0 spiro atoms. The number of aryl methyl sites for hydroxylation is 3. The molecule has 0 unspecified atom stereocenters. The van der Waals surface area contributed by atoms with Gasteiger partial charge in [-0.25, -0.2) is 19.9 Å². The van der Waals surface area contributed by atoms with Crippen LogP contribution in [-0.2, 0) is 10.2 Å². The molecule has 0 radical (unpaired) electrons. The summed E-state index contributed by atoms with van der Waals surface area (Å²) in [5.74, 6) is 2.42. The van der Waals surface area contributed by atoms with E-state index in [2.05, 4.69) is 32.6 Å². The summed E-state index contributed by atoms with van der Waals surface area (Å²) in [5, 5.41) is 0. The van der Waals surface area contributed by atoms with Gasteiger partial charge in [0.1, 0.15) is 23.3 Å². The molecule has 0 aliphatic carbocycles. The van der Waals surface area contributed by atoms with Crippen LogP contribution < -0.4 is 0 Å². The highest BCUT2D eigenvalue weighted by molar-refractivity contribution is 5.97. The summed E-state index contributed by atoms with van der Waals surface area (Å²) in [7, 11) is 0. The Labute approximate surface area is 195 Å². The Balaban J connectivity index is 1.74. The second-order valence-corrected chi connectivity index (χ2v) is 8.68. The fourth-order valence-electron chi connectivity index (χ4n) is 3.76. The maximum atomic E-state index is 13.2. The molecule has 0 N–H and O–H groups in total. The molecule has 2 heterocycles. The zero-order valence-electron chi connectivity index (χ0n) is 20.3. The Morgan fingerprint density at radius 3 is 2.39 bits per heavy atom. The summed E-state index contributed by atoms with van der Waals surface area (Å²) < 4.78 is 1.89. The number of carbonyl (C=O) groups excluding carboxylic acids is 1. The van der Waals surface area contributed by atoms with Crippen LogP contribution in [0.1, 0.15) is 50.0 Å². The molecule has 3 aromatic rings. The van der Waals surface area contributed by atoms with Crippen LogP contribution in [0.3, 0.4) is 0 Å². The Bertz CT molecular complexity index is 1230. The second kappa shape index (κ2) is 9.86. The number of hydrogen-bond donors (Lipinski definition) is 0. The van der Waals surface area contributed by atoms with E-state index in [-0.39, 0.29) is 12.2 Å². The van der Waals surface area contributed by atoms with Crippen molar-refractivity contribution in [1.29, 1.82) is 0 Å². The van der Waals surface area contributed by atoms with Crippen molar-refractivity contribution in [3.8, 4) is 11.1 Å². The number of carbonyl (C=O) groups is 1. The number of ketones is 1. The molecule has 0 saturated carbocycles. The maximum absolute atomic E-state index is 13.2. The number of Topliss-reactive ketones (excluding diaryl/α,β-unsaturated/α-hetero) is 1. The molecule has 6 nitrogen and oxygen atoms in total. The van der Waals surface area contributed by atoms with Crippen molar-refractivity contribution < 1.29 is 4.79 Å². The smallest absolute Gasteiger partial charge is 0.147 e. The number of benzene rings is 1. The zero-order valence-corrected chi connectivity index (χ0v) is 20.3. The van der Waals surface area contributed by atoms with Gasteiger partial charge in [0.2, 0.25) is 0 Å². The van der Waals surface area contributed by atoms with Crippen LogP contribution in [0.4, 0.5) is 0 Å². The second-order valence-electron chi connectivity index (χ2n) is 8.68. The third kappa shape index (κ3) is 5.40. The minimum atomic E-state index is -0.659. The van der Waals surface area contributed by atoms with E-state index in [9.17, 15) is 4.79 Å². The van der Waals surface area contributed by atoms with Gasteiger partial charge in [-0.05, 0) is 69.9 Å². The van der Waals surface area contributed by atoms with E-state index in [1.165, 1.54) is 0 Å². The SMILES string of the molecule is C=C(C=N/C(=C\C)n1ccnc1C)CC(=O)C(C)(C)c1ccc(-c2cnc(C)nc2)cc1C. The lowest BCUT2D eigenvalue weighted by molar-refractivity contribution is -0.122. The summed E-state index contributed by atoms with van der Waals surface area (Å²) in [4.78, 5) is 30.5. The van der Waals surface area contributed by atoms with E-state index >= 15 is 0 Å². The minimum Gasteiger partial charge on any atom is -0.298 e. The summed E-state index contributed by atoms with van der Waals surface area (Å²) in [5.41, 5.74) is 4.04. The fourth-order valence-corrected chi connectivity index (χ4v) is 3.76. The quantitative estimate of drug-likeness (QED) is 0.424. The summed E-state index contributed by atoms with van der Waals surface area (Å²) in [6, 6.07) is 6.13. The third-order valence-corrected chi connectivity index (χ3v) is 5.81. The van der Waals surface area contributed by atoms with Crippen molar-refractivity contribution >= 4 is 17.8 Å². The summed E-state index contributed by atoms with van der Waals surface area (Å²) in [6.07, 6.45) is 11.0. The Morgan fingerprint density at radius 2 is 1.82 bits per heavy atom. The van der Waals surface area contributed by atoms with Gasteiger partial charge in [-0.2, -0.15) is 0 Å². The van der Waals surface area contributed by atoms with Gasteiger partial charge in [-0.3, -0.25) is 9.36 Å². The van der Waals surface area contributed by atoms with Gasteiger partial charge in [0.05, 0.1) is 0 Å². The molecule has 0 bridgehead atoms. The first-order valence-corrected chi connectivity index (χ1v) is 11.0. The summed E-state index contributed by atoms with van der Waals surface area (Å²) >= 11 is 0. The lowest BCUT2D eigenvalue weighted by Gasteiger charge is -2.26. The molecular weight excluding hydrogens is 410 g/mol. The van der Waals surface area contributed by atoms with Crippen LogP contribution in [0.25, 0.3) is 16.9 Å². The topological polar surface area (TPSA) is 73.0 Å². The van der Waals surface area contributed by atoms with Gasteiger partial charge in [0, 0.05) is 48.4 Å². The average Bonchev–Trinajstić information content (AvgIpc) is 3.20. The van der Waals surface area contributed by atoms with E-state index in [0.717, 1.165) is 39.7 Å². The third-order valence-electron chi connectivity index (χ3n) is 5.81. The fraction of sp³-hybridized carbons (Fsp3) is 0.296. The molecule has 1 aromatic carbocycles. The van der Waals surface area contributed by atoms with Gasteiger partial charge >= 0.3 is 0 Å². The standard InChI is InChI=1S/C27H31N5O/c1-8-26(32-12-11-28-21(32)5)31-15-18(2)13-25(33)27(6,7)24-10-9-22(14-19(24)3)23-16-29-20(4)30-17-23/h8-12,14-17H,2,13H2,1,3-7H3/b26-8+,31-15?. The van der Waals surface area contributed by atoms with Gasteiger partial charge in [0.25, 0.3) is 0 Å². The highest BCUT2D eigenvalue weighted by Gasteiger charge is 2.31. The molecule has 33 heavy (non-hydrogen) atoms. The summed E-state index contributed by atoms with van der Waals surface area (Å²) in [6.45, 7) is 15.7. The lowest BCUT2D eigenvalue weighted by Crippen LogP contribution is -2.30. The van der Waals surface area contributed by atoms with Gasteiger partial charge in [-0.15, -0.1) is 0 Å². The Hall–Kier alpha value is -3.67. The normalized spacial score (nSPS) is 12.4. The number of allylic oxidation sites excluding steroid dienone is 2. The van der Waals surface area contributed by atoms with Crippen molar-refractivity contribution in [2.75, 3.05) is 0 Å². The Morgan fingerprint density at radius 1 is 1.12 bits per heavy atom. The number of nitrogens with zero attached hydrogens (tertiary/aromatic N) is 5. The highest BCUT2D eigenvalue weighted by Crippen LogP contribution is 2.32. The maximum Gasteiger partial charge on any atom is 0.147 e. The molecule has 3 rings (SSSR count). The lowest BCUT2D eigenvalue weighted by atomic mass is 9.76. The van der Waals surface area contributed by atoms with Crippen molar-refractivity contribution in [3.63, 3.8) is 0 Å². The molecule has 0 aliphatic heterocycles. The molecule has 0 fully saturated rings. The first kappa shape index (κ1) is 24.0. The van der Waals surface area contributed by atoms with E-state index in [1.54, 1.807) is 12.4 Å². The van der Waals surface area contributed by atoms with Crippen molar-refractivity contribution in [2.24, 2.45) is 4.99 Å². The highest BCUT2D eigenvalue weighted by atomic mass is 16.1. The predicted molar refractivity (Wildman–Crippen MR) is 134 cm³/mol. The molecule has 6 heteroatoms. The molecular formula is C27H31N5O. The van der Waals surface area contributed by atoms with Gasteiger partial charge in [-0.1, -0.05) is 24.8 Å². The minimum absolute atomic E-state index is 0.0920. The number of imidazole rings is 1. The number of hydrogen-bond acceptors (Lipinski definition) is 5. The zero-order chi connectivity index (χ0) is 24.2. The molecule has 170 valence electrons. The monoisotopic (exact) mass is 441 g/mol. The average molecular weight is 442 g/mol. The van der Waals surface area contributed by atoms with Crippen LogP contribution in [0.5, 0.6) is 0 Å². The van der Waals surface area contributed by atoms with E-state index in [0.29, 0.717) is 5.57 Å². The first-order chi connectivity index (χ1) is 15.6. The van der Waals surface area contributed by atoms with Crippen LogP contribution in [0, 0.1) is 20.8 Å². The molecule has 0 saturated heterocycles. The van der Waals surface area contributed by atoms with E-state index in [4.69, 9.17) is 0 Å². The molecule has 2 aromatic heterocycles.